The minimum atomic E-state index is -1.35. The van der Waals surface area contributed by atoms with E-state index in [2.05, 4.69) is 28.6 Å². The van der Waals surface area contributed by atoms with Gasteiger partial charge in [0.1, 0.15) is 18.1 Å². The Bertz CT molecular complexity index is 662. The number of carboxylic acid groups (broad SMARTS) is 1. The van der Waals surface area contributed by atoms with E-state index in [1.807, 2.05) is 0 Å². The smallest absolute Gasteiger partial charge is 0.326 e. The molecule has 0 saturated heterocycles. The molecule has 0 aromatic heterocycles. The van der Waals surface area contributed by atoms with E-state index >= 15 is 0 Å². The Morgan fingerprint density at radius 1 is 0.871 bits per heavy atom. The summed E-state index contributed by atoms with van der Waals surface area (Å²) in [6.07, 6.45) is 0.517. The molecule has 0 aromatic rings. The Morgan fingerprint density at radius 3 is 1.77 bits per heavy atom. The Hall–Kier alpha value is -2.34. The van der Waals surface area contributed by atoms with Crippen molar-refractivity contribution in [2.75, 3.05) is 5.75 Å². The molecule has 0 fully saturated rings. The quantitative estimate of drug-likeness (QED) is 0.157. The molecule has 12 heteroatoms. The summed E-state index contributed by atoms with van der Waals surface area (Å²) in [6.45, 7) is 7.00. The van der Waals surface area contributed by atoms with Gasteiger partial charge in [-0.1, -0.05) is 40.5 Å². The van der Waals surface area contributed by atoms with Crippen LogP contribution in [0.25, 0.3) is 0 Å². The van der Waals surface area contributed by atoms with Gasteiger partial charge >= 0.3 is 5.97 Å². The van der Waals surface area contributed by atoms with Crippen molar-refractivity contribution in [1.82, 2.24) is 16.0 Å². The topological polar surface area (TPSA) is 194 Å². The zero-order valence-electron chi connectivity index (χ0n) is 18.4. The predicted octanol–water partition coefficient (Wildman–Crippen LogP) is -1.25. The summed E-state index contributed by atoms with van der Waals surface area (Å²) in [5, 5.41) is 16.7. The van der Waals surface area contributed by atoms with Crippen molar-refractivity contribution in [3.05, 3.63) is 0 Å². The Labute approximate surface area is 187 Å². The fourth-order valence-corrected chi connectivity index (χ4v) is 2.82. The number of carbonyl (C=O) groups excluding carboxylic acids is 4. The highest BCUT2D eigenvalue weighted by molar-refractivity contribution is 7.80. The molecular weight excluding hydrogens is 426 g/mol. The summed E-state index contributed by atoms with van der Waals surface area (Å²) in [7, 11) is 0. The number of nitrogens with two attached hydrogens (primary N) is 2. The maximum atomic E-state index is 12.8. The number of carboxylic acids is 1. The van der Waals surface area contributed by atoms with E-state index < -0.39 is 60.2 Å². The fraction of sp³-hybridized carbons (Fsp3) is 0.737. The van der Waals surface area contributed by atoms with Crippen LogP contribution >= 0.6 is 12.6 Å². The van der Waals surface area contributed by atoms with Crippen LogP contribution in [-0.2, 0) is 24.0 Å². The van der Waals surface area contributed by atoms with Gasteiger partial charge < -0.3 is 32.5 Å². The molecule has 0 bridgehead atoms. The molecule has 0 saturated carbocycles. The summed E-state index contributed by atoms with van der Waals surface area (Å²) in [5.41, 5.74) is 10.8. The fourth-order valence-electron chi connectivity index (χ4n) is 2.65. The summed E-state index contributed by atoms with van der Waals surface area (Å²) in [5.74, 6) is -4.89. The lowest BCUT2D eigenvalue weighted by Crippen LogP contribution is -2.59. The molecule has 0 rings (SSSR count). The Balaban J connectivity index is 5.59. The number of hydrogen-bond acceptors (Lipinski definition) is 7. The zero-order valence-corrected chi connectivity index (χ0v) is 19.3. The van der Waals surface area contributed by atoms with Crippen LogP contribution in [0.3, 0.4) is 0 Å². The summed E-state index contributed by atoms with van der Waals surface area (Å²) < 4.78 is 0. The lowest BCUT2D eigenvalue weighted by atomic mass is 9.95. The van der Waals surface area contributed by atoms with E-state index in [9.17, 15) is 29.1 Å². The van der Waals surface area contributed by atoms with Gasteiger partial charge in [0.2, 0.25) is 23.6 Å². The van der Waals surface area contributed by atoms with E-state index in [0.29, 0.717) is 12.8 Å². The van der Waals surface area contributed by atoms with Gasteiger partial charge in [-0.3, -0.25) is 19.2 Å². The third-order valence-corrected chi connectivity index (χ3v) is 5.54. The molecule has 0 aromatic carbocycles. The van der Waals surface area contributed by atoms with Crippen molar-refractivity contribution in [3.63, 3.8) is 0 Å². The number of amides is 4. The van der Waals surface area contributed by atoms with Crippen LogP contribution in [0.1, 0.15) is 47.0 Å². The number of nitrogens with one attached hydrogen (secondary N) is 3. The van der Waals surface area contributed by atoms with E-state index in [1.54, 1.807) is 27.7 Å². The molecule has 0 radical (unpaired) electrons. The SMILES string of the molecule is CCC(C)C(NC(=O)C(NC(=O)C(CC(N)=O)NC(=O)C(N)CS)C(C)CC)C(=O)O. The maximum absolute atomic E-state index is 12.8. The minimum absolute atomic E-state index is 0.0147. The summed E-state index contributed by atoms with van der Waals surface area (Å²) in [6, 6.07) is -4.57. The molecule has 0 heterocycles. The second-order valence-corrected chi connectivity index (χ2v) is 7.97. The second-order valence-electron chi connectivity index (χ2n) is 7.60. The molecule has 6 unspecified atom stereocenters. The Kier molecular flexibility index (Phi) is 12.8. The van der Waals surface area contributed by atoms with Crippen LogP contribution < -0.4 is 27.4 Å². The van der Waals surface area contributed by atoms with E-state index in [1.165, 1.54) is 0 Å². The number of aliphatic carboxylic acids is 1. The normalized spacial score (nSPS) is 16.7. The van der Waals surface area contributed by atoms with Crippen LogP contribution in [0.2, 0.25) is 0 Å². The lowest BCUT2D eigenvalue weighted by Gasteiger charge is -2.29. The first-order chi connectivity index (χ1) is 14.4. The number of primary amides is 1. The van der Waals surface area contributed by atoms with Gasteiger partial charge in [-0.05, 0) is 11.8 Å². The molecule has 0 aliphatic carbocycles. The lowest BCUT2D eigenvalue weighted by molar-refractivity contribution is -0.144. The van der Waals surface area contributed by atoms with Crippen LogP contribution in [-0.4, -0.2) is 64.6 Å². The van der Waals surface area contributed by atoms with Crippen molar-refractivity contribution in [1.29, 1.82) is 0 Å². The molecule has 31 heavy (non-hydrogen) atoms. The van der Waals surface area contributed by atoms with Crippen molar-refractivity contribution in [2.24, 2.45) is 23.3 Å². The highest BCUT2D eigenvalue weighted by Gasteiger charge is 2.34. The highest BCUT2D eigenvalue weighted by Crippen LogP contribution is 2.12. The van der Waals surface area contributed by atoms with Crippen molar-refractivity contribution < 1.29 is 29.1 Å². The van der Waals surface area contributed by atoms with E-state index in [0.717, 1.165) is 0 Å². The highest BCUT2D eigenvalue weighted by atomic mass is 32.1. The third-order valence-electron chi connectivity index (χ3n) is 5.14. The first-order valence-electron chi connectivity index (χ1n) is 10.2. The van der Waals surface area contributed by atoms with Crippen LogP contribution in [0, 0.1) is 11.8 Å². The third kappa shape index (κ3) is 9.55. The van der Waals surface area contributed by atoms with Gasteiger partial charge in [0, 0.05) is 5.75 Å². The molecule has 178 valence electrons. The molecule has 0 aliphatic heterocycles. The van der Waals surface area contributed by atoms with E-state index in [-0.39, 0.29) is 17.6 Å². The molecular formula is C19H35N5O6S. The monoisotopic (exact) mass is 461 g/mol. The van der Waals surface area contributed by atoms with Crippen LogP contribution in [0.5, 0.6) is 0 Å². The Morgan fingerprint density at radius 2 is 1.35 bits per heavy atom. The molecule has 6 atom stereocenters. The van der Waals surface area contributed by atoms with Crippen molar-refractivity contribution in [3.8, 4) is 0 Å². The zero-order chi connectivity index (χ0) is 24.3. The van der Waals surface area contributed by atoms with Gasteiger partial charge in [0.05, 0.1) is 12.5 Å². The van der Waals surface area contributed by atoms with Gasteiger partial charge in [-0.25, -0.2) is 4.79 Å². The molecule has 0 aliphatic rings. The summed E-state index contributed by atoms with van der Waals surface area (Å²) >= 11 is 3.91. The van der Waals surface area contributed by atoms with Gasteiger partial charge in [0.25, 0.3) is 0 Å². The van der Waals surface area contributed by atoms with Crippen LogP contribution in [0.15, 0.2) is 0 Å². The number of carbonyl (C=O) groups is 5. The first-order valence-corrected chi connectivity index (χ1v) is 10.8. The van der Waals surface area contributed by atoms with Crippen LogP contribution in [0.4, 0.5) is 0 Å². The van der Waals surface area contributed by atoms with Gasteiger partial charge in [-0.15, -0.1) is 0 Å². The summed E-state index contributed by atoms with van der Waals surface area (Å²) in [4.78, 5) is 60.6. The van der Waals surface area contributed by atoms with Crippen molar-refractivity contribution >= 4 is 42.2 Å². The number of hydrogen-bond donors (Lipinski definition) is 7. The average Bonchev–Trinajstić information content (AvgIpc) is 2.72. The molecule has 11 nitrogen and oxygen atoms in total. The number of thiol groups is 1. The minimum Gasteiger partial charge on any atom is -0.480 e. The maximum Gasteiger partial charge on any atom is 0.326 e. The molecule has 8 N–H and O–H groups in total. The van der Waals surface area contributed by atoms with Crippen molar-refractivity contribution in [2.45, 2.75) is 71.1 Å². The standard InChI is InChI=1S/C19H35N5O6S/c1-5-9(3)14(18(28)24-15(19(29)30)10(4)6-2)23-17(27)12(7-13(21)25)22-16(26)11(20)8-31/h9-12,14-15,31H,5-8,20H2,1-4H3,(H2,21,25)(H,22,26)(H,23,27)(H,24,28)(H,29,30). The van der Waals surface area contributed by atoms with Gasteiger partial charge in [-0.2, -0.15) is 12.6 Å². The molecule has 0 spiro atoms. The first kappa shape index (κ1) is 28.7. The van der Waals surface area contributed by atoms with E-state index in [4.69, 9.17) is 11.5 Å². The molecule has 4 amide bonds. The second kappa shape index (κ2) is 13.9. The number of rotatable bonds is 14. The predicted molar refractivity (Wildman–Crippen MR) is 118 cm³/mol. The van der Waals surface area contributed by atoms with Gasteiger partial charge in [0.15, 0.2) is 0 Å². The largest absolute Gasteiger partial charge is 0.480 e. The average molecular weight is 462 g/mol.